The Morgan fingerprint density at radius 1 is 1.37 bits per heavy atom. The van der Waals surface area contributed by atoms with Crippen molar-refractivity contribution in [3.63, 3.8) is 0 Å². The maximum Gasteiger partial charge on any atom is 0.104 e. The molecule has 0 aliphatic heterocycles. The Labute approximate surface area is 116 Å². The normalized spacial score (nSPS) is 14.3. The average Bonchev–Trinajstić information content (AvgIpc) is 3.26. The second kappa shape index (κ2) is 7.33. The summed E-state index contributed by atoms with van der Waals surface area (Å²) < 4.78 is 0. The van der Waals surface area contributed by atoms with Gasteiger partial charge in [-0.2, -0.15) is 0 Å². The highest BCUT2D eigenvalue weighted by molar-refractivity contribution is 5.37. The number of hydrogen-bond acceptors (Lipinski definition) is 2. The maximum absolute atomic E-state index is 8.74. The van der Waals surface area contributed by atoms with Crippen molar-refractivity contribution >= 4 is 0 Å². The lowest BCUT2D eigenvalue weighted by Crippen LogP contribution is -2.26. The summed E-state index contributed by atoms with van der Waals surface area (Å²) in [5, 5.41) is 8.74. The lowest BCUT2D eigenvalue weighted by atomic mass is 10.1. The van der Waals surface area contributed by atoms with Crippen LogP contribution < -0.4 is 0 Å². The van der Waals surface area contributed by atoms with Crippen molar-refractivity contribution in [3.8, 4) is 11.8 Å². The van der Waals surface area contributed by atoms with E-state index in [1.165, 1.54) is 37.8 Å². The number of rotatable bonds is 6. The molecule has 2 heteroatoms. The summed E-state index contributed by atoms with van der Waals surface area (Å²) in [6.07, 6.45) is 5.24. The van der Waals surface area contributed by atoms with Crippen LogP contribution in [-0.2, 0) is 6.54 Å². The highest BCUT2D eigenvalue weighted by Gasteiger charge is 2.28. The van der Waals surface area contributed by atoms with Gasteiger partial charge in [0.1, 0.15) is 6.61 Å². The zero-order chi connectivity index (χ0) is 13.5. The maximum atomic E-state index is 8.74. The fraction of sp³-hybridized carbons (Fsp3) is 0.529. The van der Waals surface area contributed by atoms with Crippen molar-refractivity contribution in [1.29, 1.82) is 0 Å². The molecule has 1 aromatic carbocycles. The largest absolute Gasteiger partial charge is 0.384 e. The van der Waals surface area contributed by atoms with Crippen LogP contribution in [0.2, 0.25) is 0 Å². The molecular formula is C17H23NO. The molecule has 0 unspecified atom stereocenters. The second-order valence-electron chi connectivity index (χ2n) is 5.22. The molecule has 1 aromatic rings. The first-order valence-electron chi connectivity index (χ1n) is 7.26. The molecule has 1 aliphatic rings. The van der Waals surface area contributed by atoms with Gasteiger partial charge in [-0.05, 0) is 43.5 Å². The van der Waals surface area contributed by atoms with E-state index >= 15 is 0 Å². The molecule has 0 spiro atoms. The van der Waals surface area contributed by atoms with E-state index in [-0.39, 0.29) is 6.61 Å². The number of aliphatic hydroxyl groups is 1. The highest BCUT2D eigenvalue weighted by Crippen LogP contribution is 2.28. The van der Waals surface area contributed by atoms with Gasteiger partial charge >= 0.3 is 0 Å². The number of aliphatic hydroxyl groups excluding tert-OH is 1. The Bertz CT molecular complexity index is 454. The zero-order valence-electron chi connectivity index (χ0n) is 11.7. The van der Waals surface area contributed by atoms with Gasteiger partial charge in [0.05, 0.1) is 0 Å². The van der Waals surface area contributed by atoms with Gasteiger partial charge in [0.25, 0.3) is 0 Å². The Morgan fingerprint density at radius 3 is 2.89 bits per heavy atom. The Hall–Kier alpha value is -1.30. The van der Waals surface area contributed by atoms with Crippen molar-refractivity contribution in [1.82, 2.24) is 4.90 Å². The smallest absolute Gasteiger partial charge is 0.104 e. The van der Waals surface area contributed by atoms with Crippen LogP contribution in [0.25, 0.3) is 0 Å². The van der Waals surface area contributed by atoms with Gasteiger partial charge < -0.3 is 5.11 Å². The first kappa shape index (κ1) is 14.1. The third-order valence-corrected chi connectivity index (χ3v) is 3.49. The number of benzene rings is 1. The van der Waals surface area contributed by atoms with E-state index in [4.69, 9.17) is 5.11 Å². The third kappa shape index (κ3) is 4.70. The minimum absolute atomic E-state index is 0.0745. The first-order valence-corrected chi connectivity index (χ1v) is 7.26. The molecule has 0 radical (unpaired) electrons. The van der Waals surface area contributed by atoms with Crippen molar-refractivity contribution < 1.29 is 5.11 Å². The van der Waals surface area contributed by atoms with Crippen molar-refractivity contribution in [2.45, 2.75) is 45.2 Å². The van der Waals surface area contributed by atoms with Crippen LogP contribution in [0.3, 0.4) is 0 Å². The summed E-state index contributed by atoms with van der Waals surface area (Å²) in [6.45, 7) is 4.40. The SMILES string of the molecule is CCCCN(Cc1cccc(C#CCO)c1)C1CC1. The lowest BCUT2D eigenvalue weighted by Gasteiger charge is -2.21. The summed E-state index contributed by atoms with van der Waals surface area (Å²) in [5.41, 5.74) is 2.32. The minimum Gasteiger partial charge on any atom is -0.384 e. The number of unbranched alkanes of at least 4 members (excludes halogenated alkanes) is 1. The summed E-state index contributed by atoms with van der Waals surface area (Å²) in [7, 11) is 0. The fourth-order valence-electron chi connectivity index (χ4n) is 2.32. The van der Waals surface area contributed by atoms with Crippen LogP contribution in [0.5, 0.6) is 0 Å². The summed E-state index contributed by atoms with van der Waals surface area (Å²) in [5.74, 6) is 5.68. The van der Waals surface area contributed by atoms with E-state index in [0.29, 0.717) is 0 Å². The summed E-state index contributed by atoms with van der Waals surface area (Å²) in [4.78, 5) is 2.60. The molecule has 2 nitrogen and oxygen atoms in total. The zero-order valence-corrected chi connectivity index (χ0v) is 11.7. The van der Waals surface area contributed by atoms with Crippen LogP contribution >= 0.6 is 0 Å². The molecule has 1 fully saturated rings. The molecule has 1 N–H and O–H groups in total. The molecule has 0 atom stereocenters. The fourth-order valence-corrected chi connectivity index (χ4v) is 2.32. The molecular weight excluding hydrogens is 234 g/mol. The van der Waals surface area contributed by atoms with Crippen LogP contribution in [0, 0.1) is 11.8 Å². The van der Waals surface area contributed by atoms with Gasteiger partial charge in [0.15, 0.2) is 0 Å². The molecule has 1 saturated carbocycles. The van der Waals surface area contributed by atoms with Crippen LogP contribution in [0.4, 0.5) is 0 Å². The van der Waals surface area contributed by atoms with Gasteiger partial charge in [-0.1, -0.05) is 37.3 Å². The van der Waals surface area contributed by atoms with Crippen LogP contribution in [-0.4, -0.2) is 29.2 Å². The quantitative estimate of drug-likeness (QED) is 0.792. The van der Waals surface area contributed by atoms with Crippen LogP contribution in [0.1, 0.15) is 43.7 Å². The summed E-state index contributed by atoms with van der Waals surface area (Å²) >= 11 is 0. The van der Waals surface area contributed by atoms with E-state index < -0.39 is 0 Å². The van der Waals surface area contributed by atoms with Crippen molar-refractivity contribution in [2.24, 2.45) is 0 Å². The Kier molecular flexibility index (Phi) is 5.44. The van der Waals surface area contributed by atoms with Gasteiger partial charge in [-0.15, -0.1) is 0 Å². The average molecular weight is 257 g/mol. The van der Waals surface area contributed by atoms with Gasteiger partial charge in [0.2, 0.25) is 0 Å². The van der Waals surface area contributed by atoms with Gasteiger partial charge in [0, 0.05) is 18.2 Å². The first-order chi connectivity index (χ1) is 9.33. The summed E-state index contributed by atoms with van der Waals surface area (Å²) in [6, 6.07) is 9.18. The van der Waals surface area contributed by atoms with E-state index in [2.05, 4.69) is 41.9 Å². The minimum atomic E-state index is -0.0745. The Balaban J connectivity index is 1.99. The van der Waals surface area contributed by atoms with Crippen molar-refractivity contribution in [3.05, 3.63) is 35.4 Å². The second-order valence-corrected chi connectivity index (χ2v) is 5.22. The van der Waals surface area contributed by atoms with Crippen LogP contribution in [0.15, 0.2) is 24.3 Å². The van der Waals surface area contributed by atoms with E-state index in [0.717, 1.165) is 18.2 Å². The van der Waals surface area contributed by atoms with Gasteiger partial charge in [-0.25, -0.2) is 0 Å². The predicted octanol–water partition coefficient (Wildman–Crippen LogP) is 2.79. The van der Waals surface area contributed by atoms with E-state index in [9.17, 15) is 0 Å². The van der Waals surface area contributed by atoms with E-state index in [1.807, 2.05) is 6.07 Å². The number of hydrogen-bond donors (Lipinski definition) is 1. The monoisotopic (exact) mass is 257 g/mol. The molecule has 0 aromatic heterocycles. The predicted molar refractivity (Wildman–Crippen MR) is 78.7 cm³/mol. The highest BCUT2D eigenvalue weighted by atomic mass is 16.2. The molecule has 0 heterocycles. The lowest BCUT2D eigenvalue weighted by molar-refractivity contribution is 0.250. The molecule has 2 rings (SSSR count). The molecule has 0 amide bonds. The number of nitrogens with zero attached hydrogens (tertiary/aromatic N) is 1. The topological polar surface area (TPSA) is 23.5 Å². The third-order valence-electron chi connectivity index (χ3n) is 3.49. The molecule has 1 aliphatic carbocycles. The molecule has 0 bridgehead atoms. The van der Waals surface area contributed by atoms with E-state index in [1.54, 1.807) is 0 Å². The van der Waals surface area contributed by atoms with Gasteiger partial charge in [-0.3, -0.25) is 4.90 Å². The molecule has 102 valence electrons. The molecule has 19 heavy (non-hydrogen) atoms. The Morgan fingerprint density at radius 2 is 2.21 bits per heavy atom. The van der Waals surface area contributed by atoms with Crippen molar-refractivity contribution in [2.75, 3.05) is 13.2 Å². The standard InChI is InChI=1S/C17H23NO/c1-2-3-11-18(17-9-10-17)14-16-7-4-6-15(13-16)8-5-12-19/h4,6-7,13,17,19H,2-3,9-12,14H2,1H3. The molecule has 0 saturated heterocycles.